The standard InChI is InChI=1S/C35H46N2/c1-2-3-4-5-6-7-8-9-10-11-12-13-14-19-27-37-28-26-30(33-21-16-18-23-35(33)37)24-25-31-29-36-34-22-17-15-20-32(31)34/h15-18,20-26,28-29H,2-14,19,27H2,1H3/b30-24-,31-25+. The maximum absolute atomic E-state index is 4.54. The molecular formula is C35H46N2. The molecule has 0 N–H and O–H groups in total. The lowest BCUT2D eigenvalue weighted by molar-refractivity contribution is 0.536. The summed E-state index contributed by atoms with van der Waals surface area (Å²) in [6, 6.07) is 17.2. The highest BCUT2D eigenvalue weighted by molar-refractivity contribution is 6.17. The van der Waals surface area contributed by atoms with Crippen molar-refractivity contribution in [2.75, 3.05) is 11.4 Å². The predicted octanol–water partition coefficient (Wildman–Crippen LogP) is 10.7. The predicted molar refractivity (Wildman–Crippen MR) is 164 cm³/mol. The fourth-order valence-electron chi connectivity index (χ4n) is 5.48. The Morgan fingerprint density at radius 3 is 1.89 bits per heavy atom. The molecule has 0 saturated carbocycles. The molecule has 2 aliphatic heterocycles. The fourth-order valence-corrected chi connectivity index (χ4v) is 5.48. The lowest BCUT2D eigenvalue weighted by Gasteiger charge is -2.27. The van der Waals surface area contributed by atoms with Crippen molar-refractivity contribution in [3.05, 3.63) is 84.1 Å². The molecule has 2 nitrogen and oxygen atoms in total. The Hall–Kier alpha value is -2.87. The Balaban J connectivity index is 1.16. The molecule has 37 heavy (non-hydrogen) atoms. The fraction of sp³-hybridized carbons (Fsp3) is 0.457. The van der Waals surface area contributed by atoms with Crippen LogP contribution in [-0.2, 0) is 0 Å². The van der Waals surface area contributed by atoms with Gasteiger partial charge in [0.15, 0.2) is 0 Å². The van der Waals surface area contributed by atoms with Crippen molar-refractivity contribution in [3.63, 3.8) is 0 Å². The zero-order valence-corrected chi connectivity index (χ0v) is 23.0. The molecule has 0 aromatic heterocycles. The van der Waals surface area contributed by atoms with Crippen LogP contribution in [-0.4, -0.2) is 12.8 Å². The first kappa shape index (κ1) is 27.2. The third kappa shape index (κ3) is 8.32. The van der Waals surface area contributed by atoms with Crippen LogP contribution in [0.4, 0.5) is 11.4 Å². The van der Waals surface area contributed by atoms with E-state index in [9.17, 15) is 0 Å². The molecule has 2 heterocycles. The van der Waals surface area contributed by atoms with Crippen LogP contribution in [0.15, 0.2) is 78.0 Å². The van der Waals surface area contributed by atoms with Crippen molar-refractivity contribution < 1.29 is 0 Å². The molecule has 0 atom stereocenters. The zero-order valence-electron chi connectivity index (χ0n) is 23.0. The van der Waals surface area contributed by atoms with Gasteiger partial charge < -0.3 is 4.90 Å². The molecule has 2 aliphatic rings. The maximum atomic E-state index is 4.54. The van der Waals surface area contributed by atoms with E-state index in [1.165, 1.54) is 118 Å². The first-order valence-electron chi connectivity index (χ1n) is 15.0. The number of rotatable bonds is 16. The zero-order chi connectivity index (χ0) is 25.5. The molecule has 0 spiro atoms. The molecule has 196 valence electrons. The van der Waals surface area contributed by atoms with Gasteiger partial charge in [-0.25, -0.2) is 0 Å². The molecule has 0 aliphatic carbocycles. The van der Waals surface area contributed by atoms with Crippen molar-refractivity contribution >= 4 is 28.7 Å². The number of anilines is 1. The molecule has 0 amide bonds. The van der Waals surface area contributed by atoms with Crippen LogP contribution in [0.3, 0.4) is 0 Å². The third-order valence-corrected chi connectivity index (χ3v) is 7.71. The van der Waals surface area contributed by atoms with Gasteiger partial charge in [-0.05, 0) is 30.2 Å². The summed E-state index contributed by atoms with van der Waals surface area (Å²) in [7, 11) is 0. The molecule has 2 heteroatoms. The summed E-state index contributed by atoms with van der Waals surface area (Å²) in [5.74, 6) is 0. The molecule has 0 bridgehead atoms. The smallest absolute Gasteiger partial charge is 0.0708 e. The van der Waals surface area contributed by atoms with Gasteiger partial charge in [0.2, 0.25) is 0 Å². The maximum Gasteiger partial charge on any atom is 0.0708 e. The van der Waals surface area contributed by atoms with Crippen molar-refractivity contribution in [2.45, 2.75) is 96.8 Å². The van der Waals surface area contributed by atoms with Crippen LogP contribution >= 0.6 is 0 Å². The SMILES string of the molecule is CCCCCCCCCCCCCCCCN1C=C/C(=C/C=C2\C=Nc3ccccc32)c2ccccc21. The van der Waals surface area contributed by atoms with Gasteiger partial charge in [-0.1, -0.05) is 139 Å². The van der Waals surface area contributed by atoms with Crippen LogP contribution in [0.1, 0.15) is 108 Å². The van der Waals surface area contributed by atoms with Gasteiger partial charge >= 0.3 is 0 Å². The van der Waals surface area contributed by atoms with Crippen LogP contribution in [0, 0.1) is 0 Å². The van der Waals surface area contributed by atoms with E-state index >= 15 is 0 Å². The minimum Gasteiger partial charge on any atom is -0.347 e. The number of hydrogen-bond acceptors (Lipinski definition) is 2. The number of allylic oxidation sites excluding steroid dienone is 5. The summed E-state index contributed by atoms with van der Waals surface area (Å²) in [4.78, 5) is 6.98. The minimum absolute atomic E-state index is 1.06. The van der Waals surface area contributed by atoms with E-state index in [1.807, 2.05) is 12.3 Å². The Labute approximate surface area is 225 Å². The lowest BCUT2D eigenvalue weighted by atomic mass is 9.98. The van der Waals surface area contributed by atoms with Gasteiger partial charge in [0.1, 0.15) is 0 Å². The number of unbranched alkanes of at least 4 members (excludes halogenated alkanes) is 13. The normalized spacial score (nSPS) is 16.1. The van der Waals surface area contributed by atoms with Gasteiger partial charge in [0, 0.05) is 41.3 Å². The van der Waals surface area contributed by atoms with E-state index in [0.717, 1.165) is 12.2 Å². The summed E-state index contributed by atoms with van der Waals surface area (Å²) in [5, 5.41) is 0. The molecule has 4 rings (SSSR count). The summed E-state index contributed by atoms with van der Waals surface area (Å²) < 4.78 is 0. The van der Waals surface area contributed by atoms with Crippen molar-refractivity contribution in [1.82, 2.24) is 0 Å². The van der Waals surface area contributed by atoms with Crippen molar-refractivity contribution in [2.24, 2.45) is 4.99 Å². The van der Waals surface area contributed by atoms with Gasteiger partial charge in [0.05, 0.1) is 5.69 Å². The number of nitrogens with zero attached hydrogens (tertiary/aromatic N) is 2. The van der Waals surface area contributed by atoms with Crippen molar-refractivity contribution in [1.29, 1.82) is 0 Å². The Morgan fingerprint density at radius 1 is 0.622 bits per heavy atom. The number of benzene rings is 2. The molecule has 0 saturated heterocycles. The van der Waals surface area contributed by atoms with E-state index in [4.69, 9.17) is 0 Å². The second kappa shape index (κ2) is 15.4. The largest absolute Gasteiger partial charge is 0.347 e. The lowest BCUT2D eigenvalue weighted by Crippen LogP contribution is -2.21. The third-order valence-electron chi connectivity index (χ3n) is 7.71. The molecule has 0 unspecified atom stereocenters. The monoisotopic (exact) mass is 494 g/mol. The molecular weight excluding hydrogens is 448 g/mol. The van der Waals surface area contributed by atoms with Gasteiger partial charge in [-0.2, -0.15) is 0 Å². The van der Waals surface area contributed by atoms with Gasteiger partial charge in [0.25, 0.3) is 0 Å². The quantitative estimate of drug-likeness (QED) is 0.212. The summed E-state index contributed by atoms with van der Waals surface area (Å²) in [6.07, 6.45) is 30.6. The van der Waals surface area contributed by atoms with Crippen LogP contribution in [0.25, 0.3) is 11.1 Å². The van der Waals surface area contributed by atoms with E-state index in [0.29, 0.717) is 0 Å². The topological polar surface area (TPSA) is 15.6 Å². The molecule has 2 aromatic rings. The molecule has 0 fully saturated rings. The minimum atomic E-state index is 1.06. The number of fused-ring (bicyclic) bond motifs is 2. The van der Waals surface area contributed by atoms with Crippen LogP contribution in [0.2, 0.25) is 0 Å². The van der Waals surface area contributed by atoms with Gasteiger partial charge in [-0.15, -0.1) is 0 Å². The number of para-hydroxylation sites is 2. The first-order chi connectivity index (χ1) is 18.4. The molecule has 0 radical (unpaired) electrons. The average molecular weight is 495 g/mol. The second-order valence-corrected chi connectivity index (χ2v) is 10.6. The van der Waals surface area contributed by atoms with E-state index in [-0.39, 0.29) is 0 Å². The van der Waals surface area contributed by atoms with Crippen LogP contribution in [0.5, 0.6) is 0 Å². The van der Waals surface area contributed by atoms with E-state index < -0.39 is 0 Å². The van der Waals surface area contributed by atoms with Crippen molar-refractivity contribution in [3.8, 4) is 0 Å². The molecule has 2 aromatic carbocycles. The van der Waals surface area contributed by atoms with Gasteiger partial charge in [-0.3, -0.25) is 4.99 Å². The Kier molecular flexibility index (Phi) is 11.3. The highest BCUT2D eigenvalue weighted by Crippen LogP contribution is 2.35. The van der Waals surface area contributed by atoms with E-state index in [2.05, 4.69) is 83.7 Å². The Bertz CT molecular complexity index is 1090. The highest BCUT2D eigenvalue weighted by atomic mass is 15.1. The number of hydrogen-bond donors (Lipinski definition) is 0. The highest BCUT2D eigenvalue weighted by Gasteiger charge is 2.16. The second-order valence-electron chi connectivity index (χ2n) is 10.6. The van der Waals surface area contributed by atoms with Crippen LogP contribution < -0.4 is 4.90 Å². The first-order valence-corrected chi connectivity index (χ1v) is 15.0. The Morgan fingerprint density at radius 2 is 1.19 bits per heavy atom. The summed E-state index contributed by atoms with van der Waals surface area (Å²) in [5.41, 5.74) is 7.36. The summed E-state index contributed by atoms with van der Waals surface area (Å²) >= 11 is 0. The summed E-state index contributed by atoms with van der Waals surface area (Å²) in [6.45, 7) is 3.39. The van der Waals surface area contributed by atoms with E-state index in [1.54, 1.807) is 0 Å². The average Bonchev–Trinajstić information content (AvgIpc) is 3.35. The number of aliphatic imine (C=N–C) groups is 1.